The Hall–Kier alpha value is -2.51. The zero-order valence-electron chi connectivity index (χ0n) is 14.4. The number of carbonyl (C=O) groups excluding carboxylic acids is 1. The summed E-state index contributed by atoms with van der Waals surface area (Å²) in [5, 5.41) is 0.496. The zero-order chi connectivity index (χ0) is 18.6. The molecule has 0 fully saturated rings. The van der Waals surface area contributed by atoms with Gasteiger partial charge in [0.25, 0.3) is 5.56 Å². The number of H-pyrrole nitrogens is 1. The molecule has 27 heavy (non-hydrogen) atoms. The van der Waals surface area contributed by atoms with Gasteiger partial charge in [0, 0.05) is 28.4 Å². The fourth-order valence-electron chi connectivity index (χ4n) is 2.89. The van der Waals surface area contributed by atoms with Crippen molar-refractivity contribution in [1.29, 1.82) is 0 Å². The van der Waals surface area contributed by atoms with Gasteiger partial charge in [0.1, 0.15) is 0 Å². The van der Waals surface area contributed by atoms with Gasteiger partial charge < -0.3 is 4.98 Å². The van der Waals surface area contributed by atoms with E-state index in [9.17, 15) is 9.59 Å². The number of benzene rings is 2. The minimum atomic E-state index is -0.0945. The molecule has 1 aliphatic rings. The summed E-state index contributed by atoms with van der Waals surface area (Å²) in [5.74, 6) is 1.56. The van der Waals surface area contributed by atoms with Crippen LogP contribution in [0.4, 0.5) is 11.4 Å². The number of hydrogen-bond acceptors (Lipinski definition) is 5. The highest BCUT2D eigenvalue weighted by Gasteiger charge is 2.21. The Kier molecular flexibility index (Phi) is 5.31. The van der Waals surface area contributed by atoms with Crippen LogP contribution in [0.2, 0.25) is 0 Å². The van der Waals surface area contributed by atoms with Crippen molar-refractivity contribution in [2.45, 2.75) is 16.7 Å². The van der Waals surface area contributed by atoms with Crippen LogP contribution in [-0.2, 0) is 16.3 Å². The average molecular weight is 396 g/mol. The van der Waals surface area contributed by atoms with Crippen molar-refractivity contribution in [2.75, 3.05) is 10.7 Å². The molecule has 0 saturated heterocycles. The molecule has 2 heterocycles. The number of nitrogens with one attached hydrogen (secondary N) is 1. The summed E-state index contributed by atoms with van der Waals surface area (Å²) < 4.78 is 0. The molecule has 1 amide bonds. The summed E-state index contributed by atoms with van der Waals surface area (Å²) in [6, 6.07) is 19.1. The van der Waals surface area contributed by atoms with Crippen LogP contribution in [0.25, 0.3) is 0 Å². The lowest BCUT2D eigenvalue weighted by atomic mass is 10.2. The molecule has 0 radical (unpaired) electrons. The number of carbonyl (C=O) groups is 1. The fraction of sp³-hybridized carbons (Fsp3) is 0.150. The number of rotatable bonds is 5. The molecule has 136 valence electrons. The van der Waals surface area contributed by atoms with Crippen LogP contribution in [0.3, 0.4) is 0 Å². The molecule has 0 atom stereocenters. The zero-order valence-corrected chi connectivity index (χ0v) is 16.1. The average Bonchev–Trinajstić information content (AvgIpc) is 3.18. The third-order valence-corrected chi connectivity index (χ3v) is 6.00. The predicted molar refractivity (Wildman–Crippen MR) is 111 cm³/mol. The lowest BCUT2D eigenvalue weighted by molar-refractivity contribution is -0.115. The number of para-hydroxylation sites is 2. The number of aromatic amines is 1. The SMILES string of the molecule is O=C(CSc1nc2c(c(=O)[nH]1)CSC2)N(c1ccccc1)c1ccccc1. The van der Waals surface area contributed by atoms with Crippen LogP contribution in [0.1, 0.15) is 11.3 Å². The van der Waals surface area contributed by atoms with E-state index in [1.807, 2.05) is 60.7 Å². The number of anilines is 2. The molecule has 0 bridgehead atoms. The second kappa shape index (κ2) is 8.02. The molecule has 0 spiro atoms. The molecule has 0 unspecified atom stereocenters. The summed E-state index contributed by atoms with van der Waals surface area (Å²) in [4.78, 5) is 34.1. The number of amides is 1. The molecule has 5 nitrogen and oxygen atoms in total. The molecule has 7 heteroatoms. The maximum absolute atomic E-state index is 13.0. The van der Waals surface area contributed by atoms with Gasteiger partial charge in [-0.15, -0.1) is 0 Å². The summed E-state index contributed by atoms with van der Waals surface area (Å²) in [6.45, 7) is 0. The van der Waals surface area contributed by atoms with Gasteiger partial charge in [0.05, 0.1) is 11.4 Å². The summed E-state index contributed by atoms with van der Waals surface area (Å²) >= 11 is 2.94. The van der Waals surface area contributed by atoms with E-state index in [-0.39, 0.29) is 17.2 Å². The molecule has 1 aliphatic heterocycles. The normalized spacial score (nSPS) is 12.6. The number of hydrogen-bond donors (Lipinski definition) is 1. The van der Waals surface area contributed by atoms with Gasteiger partial charge in [0.15, 0.2) is 5.16 Å². The topological polar surface area (TPSA) is 66.1 Å². The molecule has 3 aromatic rings. The molecule has 1 N–H and O–H groups in total. The molecule has 4 rings (SSSR count). The van der Waals surface area contributed by atoms with E-state index in [0.29, 0.717) is 10.9 Å². The second-order valence-corrected chi connectivity index (χ2v) is 7.93. The third-order valence-electron chi connectivity index (χ3n) is 4.18. The predicted octanol–water partition coefficient (Wildman–Crippen LogP) is 3.97. The van der Waals surface area contributed by atoms with E-state index in [0.717, 1.165) is 28.4 Å². The van der Waals surface area contributed by atoms with Gasteiger partial charge in [-0.2, -0.15) is 11.8 Å². The third kappa shape index (κ3) is 3.94. The first-order chi connectivity index (χ1) is 13.2. The maximum Gasteiger partial charge on any atom is 0.255 e. The van der Waals surface area contributed by atoms with Crippen LogP contribution in [0.15, 0.2) is 70.6 Å². The largest absolute Gasteiger partial charge is 0.301 e. The maximum atomic E-state index is 13.0. The fourth-order valence-corrected chi connectivity index (χ4v) is 4.66. The minimum Gasteiger partial charge on any atom is -0.301 e. The van der Waals surface area contributed by atoms with E-state index >= 15 is 0 Å². The Morgan fingerprint density at radius 1 is 1.04 bits per heavy atom. The van der Waals surface area contributed by atoms with E-state index in [1.54, 1.807) is 16.7 Å². The van der Waals surface area contributed by atoms with Crippen molar-refractivity contribution in [3.63, 3.8) is 0 Å². The van der Waals surface area contributed by atoms with Crippen molar-refractivity contribution >= 4 is 40.8 Å². The molecule has 0 aliphatic carbocycles. The molecular weight excluding hydrogens is 378 g/mol. The van der Waals surface area contributed by atoms with Gasteiger partial charge in [-0.1, -0.05) is 48.2 Å². The van der Waals surface area contributed by atoms with E-state index in [2.05, 4.69) is 9.97 Å². The van der Waals surface area contributed by atoms with Gasteiger partial charge in [-0.05, 0) is 24.3 Å². The van der Waals surface area contributed by atoms with E-state index in [1.165, 1.54) is 11.8 Å². The van der Waals surface area contributed by atoms with Gasteiger partial charge >= 0.3 is 0 Å². The van der Waals surface area contributed by atoms with Crippen molar-refractivity contribution in [2.24, 2.45) is 0 Å². The van der Waals surface area contributed by atoms with Crippen molar-refractivity contribution in [3.8, 4) is 0 Å². The van der Waals surface area contributed by atoms with Gasteiger partial charge in [0.2, 0.25) is 5.91 Å². The monoisotopic (exact) mass is 395 g/mol. The number of thioether (sulfide) groups is 2. The Morgan fingerprint density at radius 3 is 2.30 bits per heavy atom. The Balaban J connectivity index is 1.56. The highest BCUT2D eigenvalue weighted by Crippen LogP contribution is 2.28. The van der Waals surface area contributed by atoms with Crippen molar-refractivity contribution < 1.29 is 4.79 Å². The molecule has 1 aromatic heterocycles. The highest BCUT2D eigenvalue weighted by atomic mass is 32.2. The smallest absolute Gasteiger partial charge is 0.255 e. The first kappa shape index (κ1) is 17.9. The Morgan fingerprint density at radius 2 is 1.67 bits per heavy atom. The minimum absolute atomic E-state index is 0.0741. The van der Waals surface area contributed by atoms with Crippen LogP contribution in [-0.4, -0.2) is 21.6 Å². The van der Waals surface area contributed by atoms with Gasteiger partial charge in [-0.25, -0.2) is 4.98 Å². The van der Waals surface area contributed by atoms with Crippen molar-refractivity contribution in [1.82, 2.24) is 9.97 Å². The van der Waals surface area contributed by atoms with E-state index in [4.69, 9.17) is 0 Å². The first-order valence-corrected chi connectivity index (χ1v) is 10.6. The lowest BCUT2D eigenvalue weighted by Crippen LogP contribution is -2.27. The standard InChI is InChI=1S/C20H17N3O2S2/c24-18(13-27-20-21-17-12-26-11-16(17)19(25)22-20)23(14-7-3-1-4-8-14)15-9-5-2-6-10-15/h1-10H,11-13H2,(H,21,22,25). The van der Waals surface area contributed by atoms with E-state index < -0.39 is 0 Å². The Labute approximate surface area is 165 Å². The summed E-state index contributed by atoms with van der Waals surface area (Å²) in [6.07, 6.45) is 0. The molecule has 2 aromatic carbocycles. The molecule has 0 saturated carbocycles. The van der Waals surface area contributed by atoms with Crippen LogP contribution >= 0.6 is 23.5 Å². The summed E-state index contributed by atoms with van der Waals surface area (Å²) in [7, 11) is 0. The van der Waals surface area contributed by atoms with Crippen LogP contribution in [0.5, 0.6) is 0 Å². The lowest BCUT2D eigenvalue weighted by Gasteiger charge is -2.22. The van der Waals surface area contributed by atoms with Crippen molar-refractivity contribution in [3.05, 3.63) is 82.3 Å². The molecular formula is C20H17N3O2S2. The van der Waals surface area contributed by atoms with Gasteiger partial charge in [-0.3, -0.25) is 14.5 Å². The summed E-state index contributed by atoms with van der Waals surface area (Å²) in [5.41, 5.74) is 3.11. The van der Waals surface area contributed by atoms with Crippen LogP contribution in [0, 0.1) is 0 Å². The van der Waals surface area contributed by atoms with Crippen LogP contribution < -0.4 is 10.5 Å². The number of nitrogens with zero attached hydrogens (tertiary/aromatic N) is 2. The Bertz CT molecular complexity index is 967. The second-order valence-electron chi connectivity index (χ2n) is 5.98. The quantitative estimate of drug-likeness (QED) is 0.523. The number of aromatic nitrogens is 2. The first-order valence-electron chi connectivity index (χ1n) is 8.48. The number of fused-ring (bicyclic) bond motifs is 1. The highest BCUT2D eigenvalue weighted by molar-refractivity contribution is 7.99.